The zero-order valence-electron chi connectivity index (χ0n) is 13.7. The van der Waals surface area contributed by atoms with E-state index in [0.717, 1.165) is 22.4 Å². The topological polar surface area (TPSA) is 63.6 Å². The van der Waals surface area contributed by atoms with Crippen molar-refractivity contribution in [1.29, 1.82) is 0 Å². The summed E-state index contributed by atoms with van der Waals surface area (Å²) < 4.78 is 1.73. The smallest absolute Gasteiger partial charge is 0.228 e. The van der Waals surface area contributed by atoms with Crippen LogP contribution in [0, 0.1) is 0 Å². The summed E-state index contributed by atoms with van der Waals surface area (Å²) >= 11 is 0. The molecule has 4 aromatic rings. The van der Waals surface area contributed by atoms with Crippen LogP contribution in [-0.4, -0.2) is 25.5 Å². The standard InChI is InChI=1S/C20H16N4O/c1-24-11-10-21-20(24)19(25)17-7-3-5-15(13-17)14-4-2-6-16(12-14)18-8-9-22-23-18/h2-13H,1H3,(H,22,23). The molecule has 2 heterocycles. The number of H-pyrrole nitrogens is 1. The van der Waals surface area contributed by atoms with E-state index in [0.29, 0.717) is 11.4 Å². The van der Waals surface area contributed by atoms with Gasteiger partial charge >= 0.3 is 0 Å². The van der Waals surface area contributed by atoms with Crippen LogP contribution in [-0.2, 0) is 7.05 Å². The second-order valence-corrected chi connectivity index (χ2v) is 5.82. The molecule has 0 amide bonds. The quantitative estimate of drug-likeness (QED) is 0.581. The van der Waals surface area contributed by atoms with Gasteiger partial charge in [0.25, 0.3) is 0 Å². The molecule has 0 spiro atoms. The largest absolute Gasteiger partial charge is 0.331 e. The molecule has 0 aliphatic heterocycles. The molecule has 0 atom stereocenters. The van der Waals surface area contributed by atoms with Crippen LogP contribution in [0.5, 0.6) is 0 Å². The number of benzene rings is 2. The van der Waals surface area contributed by atoms with Crippen molar-refractivity contribution >= 4 is 5.78 Å². The second-order valence-electron chi connectivity index (χ2n) is 5.82. The first-order chi connectivity index (χ1) is 12.2. The Bertz CT molecular complexity index is 1030. The summed E-state index contributed by atoms with van der Waals surface area (Å²) in [5.41, 5.74) is 4.67. The summed E-state index contributed by atoms with van der Waals surface area (Å²) in [4.78, 5) is 16.8. The number of nitrogens with one attached hydrogen (secondary N) is 1. The van der Waals surface area contributed by atoms with Gasteiger partial charge in [-0.2, -0.15) is 5.10 Å². The summed E-state index contributed by atoms with van der Waals surface area (Å²) in [6.07, 6.45) is 5.13. The van der Waals surface area contributed by atoms with Crippen molar-refractivity contribution in [3.8, 4) is 22.4 Å². The molecule has 1 N–H and O–H groups in total. The van der Waals surface area contributed by atoms with Crippen molar-refractivity contribution in [3.63, 3.8) is 0 Å². The van der Waals surface area contributed by atoms with Gasteiger partial charge in [0.2, 0.25) is 5.78 Å². The third kappa shape index (κ3) is 2.87. The number of hydrogen-bond donors (Lipinski definition) is 1. The van der Waals surface area contributed by atoms with Crippen LogP contribution in [0.1, 0.15) is 16.2 Å². The van der Waals surface area contributed by atoms with Gasteiger partial charge < -0.3 is 4.57 Å². The minimum atomic E-state index is -0.0842. The van der Waals surface area contributed by atoms with Gasteiger partial charge in [-0.3, -0.25) is 9.89 Å². The highest BCUT2D eigenvalue weighted by molar-refractivity contribution is 6.07. The van der Waals surface area contributed by atoms with Gasteiger partial charge in [-0.15, -0.1) is 0 Å². The number of hydrogen-bond acceptors (Lipinski definition) is 3. The van der Waals surface area contributed by atoms with Crippen LogP contribution in [0.25, 0.3) is 22.4 Å². The fourth-order valence-electron chi connectivity index (χ4n) is 2.84. The summed E-state index contributed by atoms with van der Waals surface area (Å²) in [6.45, 7) is 0. The molecule has 0 aliphatic carbocycles. The molecular weight excluding hydrogens is 312 g/mol. The molecule has 122 valence electrons. The van der Waals surface area contributed by atoms with E-state index < -0.39 is 0 Å². The molecular formula is C20H16N4O. The average molecular weight is 328 g/mol. The molecule has 4 rings (SSSR count). The molecule has 0 radical (unpaired) electrons. The maximum absolute atomic E-state index is 12.7. The Kier molecular flexibility index (Phi) is 3.74. The van der Waals surface area contributed by atoms with E-state index in [4.69, 9.17) is 0 Å². The number of aromatic nitrogens is 4. The van der Waals surface area contributed by atoms with Gasteiger partial charge in [0.1, 0.15) is 0 Å². The van der Waals surface area contributed by atoms with E-state index in [1.165, 1.54) is 0 Å². The van der Waals surface area contributed by atoms with Crippen molar-refractivity contribution in [2.75, 3.05) is 0 Å². The van der Waals surface area contributed by atoms with Gasteiger partial charge in [0.05, 0.1) is 5.69 Å². The SMILES string of the molecule is Cn1ccnc1C(=O)c1cccc(-c2cccc(-c3ccn[nH]3)c2)c1. The molecule has 2 aromatic carbocycles. The van der Waals surface area contributed by atoms with E-state index in [-0.39, 0.29) is 5.78 Å². The number of aromatic amines is 1. The molecule has 0 saturated carbocycles. The minimum Gasteiger partial charge on any atom is -0.331 e. The predicted octanol–water partition coefficient (Wildman–Crippen LogP) is 3.71. The highest BCUT2D eigenvalue weighted by Gasteiger charge is 2.14. The van der Waals surface area contributed by atoms with E-state index in [2.05, 4.69) is 21.2 Å². The summed E-state index contributed by atoms with van der Waals surface area (Å²) in [5, 5.41) is 6.97. The summed E-state index contributed by atoms with van der Waals surface area (Å²) in [7, 11) is 1.82. The lowest BCUT2D eigenvalue weighted by molar-refractivity contribution is 0.102. The first-order valence-corrected chi connectivity index (χ1v) is 7.94. The Balaban J connectivity index is 1.72. The van der Waals surface area contributed by atoms with E-state index in [1.54, 1.807) is 23.2 Å². The van der Waals surface area contributed by atoms with Gasteiger partial charge in [0.15, 0.2) is 5.82 Å². The Morgan fingerprint density at radius 2 is 1.72 bits per heavy atom. The Morgan fingerprint density at radius 3 is 2.44 bits per heavy atom. The molecule has 0 bridgehead atoms. The number of carbonyl (C=O) groups excluding carboxylic acids is 1. The van der Waals surface area contributed by atoms with E-state index in [1.807, 2.05) is 55.6 Å². The predicted molar refractivity (Wildman–Crippen MR) is 96.1 cm³/mol. The number of rotatable bonds is 4. The van der Waals surface area contributed by atoms with Crippen LogP contribution in [0.3, 0.4) is 0 Å². The minimum absolute atomic E-state index is 0.0842. The molecule has 25 heavy (non-hydrogen) atoms. The number of carbonyl (C=O) groups is 1. The number of ketones is 1. The lowest BCUT2D eigenvalue weighted by atomic mass is 9.99. The zero-order chi connectivity index (χ0) is 17.2. The van der Waals surface area contributed by atoms with Gasteiger partial charge in [-0.05, 0) is 29.3 Å². The third-order valence-electron chi connectivity index (χ3n) is 4.16. The van der Waals surface area contributed by atoms with Crippen LogP contribution in [0.2, 0.25) is 0 Å². The highest BCUT2D eigenvalue weighted by Crippen LogP contribution is 2.26. The zero-order valence-corrected chi connectivity index (χ0v) is 13.7. The highest BCUT2D eigenvalue weighted by atomic mass is 16.1. The third-order valence-corrected chi connectivity index (χ3v) is 4.16. The fourth-order valence-corrected chi connectivity index (χ4v) is 2.84. The van der Waals surface area contributed by atoms with Crippen molar-refractivity contribution in [3.05, 3.63) is 84.6 Å². The van der Waals surface area contributed by atoms with E-state index >= 15 is 0 Å². The number of nitrogens with zero attached hydrogens (tertiary/aromatic N) is 3. The monoisotopic (exact) mass is 328 g/mol. The molecule has 0 fully saturated rings. The molecule has 2 aromatic heterocycles. The Morgan fingerprint density at radius 1 is 0.960 bits per heavy atom. The van der Waals surface area contributed by atoms with Crippen molar-refractivity contribution < 1.29 is 4.79 Å². The average Bonchev–Trinajstić information content (AvgIpc) is 3.33. The first-order valence-electron chi connectivity index (χ1n) is 7.94. The van der Waals surface area contributed by atoms with Gasteiger partial charge in [-0.1, -0.05) is 36.4 Å². The normalized spacial score (nSPS) is 10.8. The summed E-state index contributed by atoms with van der Waals surface area (Å²) in [5.74, 6) is 0.349. The maximum Gasteiger partial charge on any atom is 0.228 e. The molecule has 0 saturated heterocycles. The van der Waals surface area contributed by atoms with Crippen molar-refractivity contribution in [1.82, 2.24) is 19.7 Å². The second kappa shape index (κ2) is 6.20. The number of imidazole rings is 1. The lowest BCUT2D eigenvalue weighted by Crippen LogP contribution is -2.08. The first kappa shape index (κ1) is 15.1. The molecule has 5 heteroatoms. The Hall–Kier alpha value is -3.47. The fraction of sp³-hybridized carbons (Fsp3) is 0.0500. The van der Waals surface area contributed by atoms with Crippen molar-refractivity contribution in [2.24, 2.45) is 7.05 Å². The summed E-state index contributed by atoms with van der Waals surface area (Å²) in [6, 6.07) is 17.7. The lowest BCUT2D eigenvalue weighted by Gasteiger charge is -2.07. The van der Waals surface area contributed by atoms with Gasteiger partial charge in [0, 0.05) is 36.8 Å². The molecule has 0 aliphatic rings. The van der Waals surface area contributed by atoms with Crippen LogP contribution < -0.4 is 0 Å². The van der Waals surface area contributed by atoms with Crippen LogP contribution in [0.15, 0.2) is 73.2 Å². The maximum atomic E-state index is 12.7. The van der Waals surface area contributed by atoms with E-state index in [9.17, 15) is 4.79 Å². The van der Waals surface area contributed by atoms with Crippen LogP contribution in [0.4, 0.5) is 0 Å². The molecule has 0 unspecified atom stereocenters. The number of aryl methyl sites for hydroxylation is 1. The van der Waals surface area contributed by atoms with Crippen molar-refractivity contribution in [2.45, 2.75) is 0 Å². The Labute approximate surface area is 145 Å². The van der Waals surface area contributed by atoms with Crippen LogP contribution >= 0.6 is 0 Å². The molecule has 5 nitrogen and oxygen atoms in total. The van der Waals surface area contributed by atoms with Gasteiger partial charge in [-0.25, -0.2) is 4.98 Å².